The van der Waals surface area contributed by atoms with Gasteiger partial charge in [0.1, 0.15) is 0 Å². The third-order valence-electron chi connectivity index (χ3n) is 3.44. The van der Waals surface area contributed by atoms with Crippen LogP contribution in [0.25, 0.3) is 0 Å². The molecule has 8 heteroatoms. The van der Waals surface area contributed by atoms with E-state index < -0.39 is 30.2 Å². The summed E-state index contributed by atoms with van der Waals surface area (Å²) in [6, 6.07) is 13.7. The van der Waals surface area contributed by atoms with Gasteiger partial charge in [0, 0.05) is 18.1 Å². The number of nitrogens with one attached hydrogen (secondary N) is 1. The molecule has 0 bridgehead atoms. The normalized spacial score (nSPS) is 11.1. The molecule has 0 aliphatic carbocycles. The molecule has 0 aliphatic heterocycles. The van der Waals surface area contributed by atoms with Crippen LogP contribution in [0.3, 0.4) is 0 Å². The van der Waals surface area contributed by atoms with Gasteiger partial charge in [0.25, 0.3) is 5.91 Å². The van der Waals surface area contributed by atoms with E-state index in [0.717, 1.165) is 17.9 Å². The lowest BCUT2D eigenvalue weighted by molar-refractivity contribution is -0.137. The summed E-state index contributed by atoms with van der Waals surface area (Å²) in [7, 11) is 0. The maximum atomic E-state index is 12.6. The zero-order valence-corrected chi connectivity index (χ0v) is 15.1. The van der Waals surface area contributed by atoms with E-state index in [9.17, 15) is 22.8 Å². The van der Waals surface area contributed by atoms with Gasteiger partial charge in [-0.2, -0.15) is 24.9 Å². The molecule has 27 heavy (non-hydrogen) atoms. The van der Waals surface area contributed by atoms with Gasteiger partial charge < -0.3 is 10.1 Å². The van der Waals surface area contributed by atoms with Crippen LogP contribution in [-0.2, 0) is 21.5 Å². The van der Waals surface area contributed by atoms with Crippen LogP contribution in [0.1, 0.15) is 21.5 Å². The molecule has 2 rings (SSSR count). The van der Waals surface area contributed by atoms with Gasteiger partial charge in [-0.1, -0.05) is 36.4 Å². The number of amides is 1. The highest BCUT2D eigenvalue weighted by Crippen LogP contribution is 2.29. The van der Waals surface area contributed by atoms with Gasteiger partial charge in [-0.25, -0.2) is 4.79 Å². The first kappa shape index (κ1) is 20.8. The van der Waals surface area contributed by atoms with Crippen LogP contribution in [0, 0.1) is 0 Å². The molecule has 0 radical (unpaired) electrons. The second-order valence-corrected chi connectivity index (χ2v) is 6.65. The Morgan fingerprint density at radius 3 is 2.48 bits per heavy atom. The Labute approximate surface area is 159 Å². The van der Waals surface area contributed by atoms with E-state index in [2.05, 4.69) is 5.32 Å². The molecule has 4 nitrogen and oxygen atoms in total. The Morgan fingerprint density at radius 1 is 1.04 bits per heavy atom. The van der Waals surface area contributed by atoms with Crippen molar-refractivity contribution in [1.29, 1.82) is 0 Å². The van der Waals surface area contributed by atoms with E-state index in [1.54, 1.807) is 11.8 Å². The smallest absolute Gasteiger partial charge is 0.416 e. The van der Waals surface area contributed by atoms with E-state index in [4.69, 9.17) is 4.74 Å². The lowest BCUT2D eigenvalue weighted by Crippen LogP contribution is -2.30. The van der Waals surface area contributed by atoms with E-state index in [1.165, 1.54) is 11.6 Å². The number of alkyl halides is 3. The second kappa shape index (κ2) is 10.0. The number of benzene rings is 2. The summed E-state index contributed by atoms with van der Waals surface area (Å²) in [5.41, 5.74) is -0.0169. The summed E-state index contributed by atoms with van der Waals surface area (Å²) in [6.45, 7) is -0.143. The highest BCUT2D eigenvalue weighted by molar-refractivity contribution is 7.98. The first-order valence-electron chi connectivity index (χ1n) is 8.09. The third kappa shape index (κ3) is 7.34. The minimum atomic E-state index is -4.55. The number of hydrogen-bond acceptors (Lipinski definition) is 4. The summed E-state index contributed by atoms with van der Waals surface area (Å²) < 4.78 is 42.7. The molecular formula is C19H18F3NO3S. The average molecular weight is 397 g/mol. The monoisotopic (exact) mass is 397 g/mol. The average Bonchev–Trinajstić information content (AvgIpc) is 2.66. The molecule has 144 valence electrons. The van der Waals surface area contributed by atoms with Crippen LogP contribution >= 0.6 is 11.8 Å². The van der Waals surface area contributed by atoms with Gasteiger partial charge in [-0.3, -0.25) is 4.79 Å². The molecule has 0 unspecified atom stereocenters. The van der Waals surface area contributed by atoms with Crippen LogP contribution in [0.5, 0.6) is 0 Å². The van der Waals surface area contributed by atoms with Gasteiger partial charge in [-0.05, 0) is 23.8 Å². The number of ether oxygens (including phenoxy) is 1. The maximum absolute atomic E-state index is 12.6. The highest BCUT2D eigenvalue weighted by atomic mass is 32.2. The molecule has 0 spiro atoms. The summed E-state index contributed by atoms with van der Waals surface area (Å²) in [4.78, 5) is 23.4. The number of rotatable bonds is 8. The Morgan fingerprint density at radius 2 is 1.78 bits per heavy atom. The summed E-state index contributed by atoms with van der Waals surface area (Å²) in [5.74, 6) is 0.0223. The lowest BCUT2D eigenvalue weighted by atomic mass is 10.1. The SMILES string of the molecule is O=C(COC(=O)c1cccc(C(F)(F)F)c1)NCCSCc1ccccc1. The maximum Gasteiger partial charge on any atom is 0.416 e. The molecule has 2 aromatic rings. The highest BCUT2D eigenvalue weighted by Gasteiger charge is 2.31. The number of carbonyl (C=O) groups excluding carboxylic acids is 2. The van der Waals surface area contributed by atoms with Crippen LogP contribution < -0.4 is 5.32 Å². The van der Waals surface area contributed by atoms with E-state index >= 15 is 0 Å². The lowest BCUT2D eigenvalue weighted by Gasteiger charge is -2.09. The molecule has 0 heterocycles. The van der Waals surface area contributed by atoms with Crippen molar-refractivity contribution in [2.24, 2.45) is 0 Å². The van der Waals surface area contributed by atoms with Crippen molar-refractivity contribution in [3.05, 3.63) is 71.3 Å². The van der Waals surface area contributed by atoms with Gasteiger partial charge in [0.15, 0.2) is 6.61 Å². The Hall–Kier alpha value is -2.48. The first-order valence-corrected chi connectivity index (χ1v) is 9.24. The van der Waals surface area contributed by atoms with Crippen molar-refractivity contribution in [3.8, 4) is 0 Å². The molecule has 1 amide bonds. The Bertz CT molecular complexity index is 766. The molecule has 1 N–H and O–H groups in total. The van der Waals surface area contributed by atoms with Gasteiger partial charge in [0.2, 0.25) is 0 Å². The zero-order valence-electron chi connectivity index (χ0n) is 14.3. The number of thioether (sulfide) groups is 1. The molecule has 0 atom stereocenters. The van der Waals surface area contributed by atoms with Crippen LogP contribution in [0.2, 0.25) is 0 Å². The zero-order chi connectivity index (χ0) is 19.7. The van der Waals surface area contributed by atoms with Gasteiger partial charge in [-0.15, -0.1) is 0 Å². The van der Waals surface area contributed by atoms with E-state index in [0.29, 0.717) is 18.4 Å². The van der Waals surface area contributed by atoms with Crippen LogP contribution in [0.15, 0.2) is 54.6 Å². The number of esters is 1. The quantitative estimate of drug-likeness (QED) is 0.542. The molecular weight excluding hydrogens is 379 g/mol. The Balaban J connectivity index is 1.67. The van der Waals surface area contributed by atoms with Crippen molar-refractivity contribution >= 4 is 23.6 Å². The fraction of sp³-hybridized carbons (Fsp3) is 0.263. The van der Waals surface area contributed by atoms with Crippen LogP contribution in [-0.4, -0.2) is 30.8 Å². The third-order valence-corrected chi connectivity index (χ3v) is 4.47. The molecule has 0 saturated carbocycles. The van der Waals surface area contributed by atoms with Crippen molar-refractivity contribution < 1.29 is 27.5 Å². The minimum absolute atomic E-state index is 0.254. The first-order chi connectivity index (χ1) is 12.9. The van der Waals surface area contributed by atoms with Crippen molar-refractivity contribution in [2.75, 3.05) is 18.9 Å². The molecule has 0 fully saturated rings. The number of halogens is 3. The predicted octanol–water partition coefficient (Wildman–Crippen LogP) is 3.91. The topological polar surface area (TPSA) is 55.4 Å². The minimum Gasteiger partial charge on any atom is -0.452 e. The summed E-state index contributed by atoms with van der Waals surface area (Å²) >= 11 is 1.64. The van der Waals surface area contributed by atoms with Crippen molar-refractivity contribution in [1.82, 2.24) is 5.32 Å². The second-order valence-electron chi connectivity index (χ2n) is 5.54. The number of carbonyl (C=O) groups is 2. The van der Waals surface area contributed by atoms with Crippen molar-refractivity contribution in [3.63, 3.8) is 0 Å². The number of hydrogen-bond donors (Lipinski definition) is 1. The Kier molecular flexibility index (Phi) is 7.72. The van der Waals surface area contributed by atoms with Crippen LogP contribution in [0.4, 0.5) is 13.2 Å². The van der Waals surface area contributed by atoms with Gasteiger partial charge >= 0.3 is 12.1 Å². The summed E-state index contributed by atoms with van der Waals surface area (Å²) in [5, 5.41) is 2.59. The standard InChI is InChI=1S/C19H18F3NO3S/c20-19(21,22)16-8-4-7-15(11-16)18(25)26-12-17(24)23-9-10-27-13-14-5-2-1-3-6-14/h1-8,11H,9-10,12-13H2,(H,23,24). The fourth-order valence-electron chi connectivity index (χ4n) is 2.11. The molecule has 0 aliphatic rings. The molecule has 0 saturated heterocycles. The van der Waals surface area contributed by atoms with Gasteiger partial charge in [0.05, 0.1) is 11.1 Å². The largest absolute Gasteiger partial charge is 0.452 e. The predicted molar refractivity (Wildman–Crippen MR) is 97.3 cm³/mol. The summed E-state index contributed by atoms with van der Waals surface area (Å²) in [6.07, 6.45) is -4.55. The van der Waals surface area contributed by atoms with Crippen molar-refractivity contribution in [2.45, 2.75) is 11.9 Å². The molecule has 0 aromatic heterocycles. The van der Waals surface area contributed by atoms with E-state index in [-0.39, 0.29) is 5.56 Å². The van der Waals surface area contributed by atoms with E-state index in [1.807, 2.05) is 30.3 Å². The fourth-order valence-corrected chi connectivity index (χ4v) is 2.93. The molecule has 2 aromatic carbocycles.